The number of hydrogen-bond acceptors (Lipinski definition) is 1. The Labute approximate surface area is 69.6 Å². The molecule has 56 valence electrons. The summed E-state index contributed by atoms with van der Waals surface area (Å²) >= 11 is 3.47. The van der Waals surface area contributed by atoms with E-state index in [0.717, 1.165) is 12.2 Å². The summed E-state index contributed by atoms with van der Waals surface area (Å²) < 4.78 is 5.25. The molecule has 2 heteroatoms. The Morgan fingerprint density at radius 1 is 1.70 bits per heavy atom. The van der Waals surface area contributed by atoms with Crippen molar-refractivity contribution in [1.29, 1.82) is 0 Å². The molecule has 0 bridgehead atoms. The molecule has 1 rings (SSSR count). The molecule has 0 aromatic carbocycles. The Hall–Kier alpha value is -0.240. The minimum atomic E-state index is 0.498. The zero-order valence-corrected chi connectivity index (χ0v) is 7.81. The smallest absolute Gasteiger partial charge is 0.107 e. The van der Waals surface area contributed by atoms with E-state index < -0.39 is 0 Å². The van der Waals surface area contributed by atoms with Crippen LogP contribution in [-0.4, -0.2) is 4.83 Å². The van der Waals surface area contributed by atoms with Crippen molar-refractivity contribution in [3.63, 3.8) is 0 Å². The number of aryl methyl sites for hydroxylation is 1. The van der Waals surface area contributed by atoms with Crippen LogP contribution in [0.2, 0.25) is 0 Å². The molecule has 0 N–H and O–H groups in total. The van der Waals surface area contributed by atoms with Gasteiger partial charge in [-0.3, -0.25) is 0 Å². The van der Waals surface area contributed by atoms with Crippen molar-refractivity contribution in [2.24, 2.45) is 0 Å². The van der Waals surface area contributed by atoms with E-state index in [1.54, 1.807) is 6.26 Å². The Bertz CT molecular complexity index is 203. The molecule has 1 unspecified atom stereocenters. The molecule has 0 saturated carbocycles. The second-order valence-electron chi connectivity index (χ2n) is 2.51. The molecule has 0 aliphatic rings. The van der Waals surface area contributed by atoms with Crippen LogP contribution in [0.25, 0.3) is 0 Å². The summed E-state index contributed by atoms with van der Waals surface area (Å²) in [6.45, 7) is 4.18. The number of furan rings is 1. The molecule has 0 spiro atoms. The molecule has 1 nitrogen and oxygen atoms in total. The van der Waals surface area contributed by atoms with E-state index >= 15 is 0 Å². The fraction of sp³-hybridized carbons (Fsp3) is 0.500. The molecule has 0 saturated heterocycles. The van der Waals surface area contributed by atoms with Crippen molar-refractivity contribution >= 4 is 15.9 Å². The predicted molar refractivity (Wildman–Crippen MR) is 45.5 cm³/mol. The second kappa shape index (κ2) is 3.24. The van der Waals surface area contributed by atoms with E-state index in [4.69, 9.17) is 4.42 Å². The highest BCUT2D eigenvalue weighted by Crippen LogP contribution is 2.14. The first-order chi connectivity index (χ1) is 4.70. The summed E-state index contributed by atoms with van der Waals surface area (Å²) in [5.41, 5.74) is 1.24. The van der Waals surface area contributed by atoms with Crippen LogP contribution in [-0.2, 0) is 6.42 Å². The molecule has 10 heavy (non-hydrogen) atoms. The third-order valence-corrected chi connectivity index (χ3v) is 1.76. The summed E-state index contributed by atoms with van der Waals surface area (Å²) in [5, 5.41) is 0. The summed E-state index contributed by atoms with van der Waals surface area (Å²) in [5.74, 6) is 1.09. The van der Waals surface area contributed by atoms with Gasteiger partial charge in [-0.2, -0.15) is 0 Å². The van der Waals surface area contributed by atoms with E-state index in [1.807, 2.05) is 6.07 Å². The van der Waals surface area contributed by atoms with Crippen molar-refractivity contribution in [2.45, 2.75) is 25.1 Å². The van der Waals surface area contributed by atoms with Crippen molar-refractivity contribution in [1.82, 2.24) is 0 Å². The highest BCUT2D eigenvalue weighted by molar-refractivity contribution is 9.09. The van der Waals surface area contributed by atoms with Crippen LogP contribution in [0.1, 0.15) is 18.2 Å². The normalized spacial score (nSPS) is 13.5. The Kier molecular flexibility index (Phi) is 2.55. The largest absolute Gasteiger partial charge is 0.469 e. The Balaban J connectivity index is 2.65. The second-order valence-corrected chi connectivity index (χ2v) is 4.07. The van der Waals surface area contributed by atoms with Crippen LogP contribution in [0.15, 0.2) is 16.7 Å². The molecule has 1 heterocycles. The van der Waals surface area contributed by atoms with Gasteiger partial charge in [-0.15, -0.1) is 0 Å². The first-order valence-corrected chi connectivity index (χ1v) is 4.28. The van der Waals surface area contributed by atoms with Crippen LogP contribution in [0.4, 0.5) is 0 Å². The van der Waals surface area contributed by atoms with E-state index in [0.29, 0.717) is 4.83 Å². The van der Waals surface area contributed by atoms with E-state index in [-0.39, 0.29) is 0 Å². The molecule has 1 aromatic rings. The van der Waals surface area contributed by atoms with Crippen molar-refractivity contribution in [3.05, 3.63) is 23.7 Å². The Morgan fingerprint density at radius 3 is 2.80 bits per heavy atom. The van der Waals surface area contributed by atoms with Gasteiger partial charge in [0.05, 0.1) is 6.26 Å². The molecular weight excluding hydrogens is 192 g/mol. The topological polar surface area (TPSA) is 13.1 Å². The zero-order valence-electron chi connectivity index (χ0n) is 6.23. The highest BCUT2D eigenvalue weighted by atomic mass is 79.9. The molecule has 1 atom stereocenters. The highest BCUT2D eigenvalue weighted by Gasteiger charge is 2.04. The molecule has 1 aromatic heterocycles. The maximum absolute atomic E-state index is 5.25. The van der Waals surface area contributed by atoms with Gasteiger partial charge in [-0.25, -0.2) is 0 Å². The first kappa shape index (κ1) is 7.86. The summed E-state index contributed by atoms with van der Waals surface area (Å²) in [4.78, 5) is 0.498. The van der Waals surface area contributed by atoms with Crippen LogP contribution >= 0.6 is 15.9 Å². The SMILES string of the molecule is Cc1ccoc1CC(C)Br. The minimum Gasteiger partial charge on any atom is -0.469 e. The molecule has 0 aliphatic carbocycles. The van der Waals surface area contributed by atoms with Gasteiger partial charge in [0, 0.05) is 11.2 Å². The zero-order chi connectivity index (χ0) is 7.56. The fourth-order valence-electron chi connectivity index (χ4n) is 0.869. The lowest BCUT2D eigenvalue weighted by atomic mass is 10.2. The molecular formula is C8H11BrO. The average Bonchev–Trinajstić information content (AvgIpc) is 2.15. The molecule has 0 radical (unpaired) electrons. The lowest BCUT2D eigenvalue weighted by Gasteiger charge is -1.99. The van der Waals surface area contributed by atoms with Gasteiger partial charge in [0.25, 0.3) is 0 Å². The van der Waals surface area contributed by atoms with E-state index in [9.17, 15) is 0 Å². The summed E-state index contributed by atoms with van der Waals surface area (Å²) in [6, 6.07) is 1.99. The van der Waals surface area contributed by atoms with Crippen LogP contribution < -0.4 is 0 Å². The average molecular weight is 203 g/mol. The van der Waals surface area contributed by atoms with Crippen LogP contribution in [0, 0.1) is 6.92 Å². The molecule has 0 amide bonds. The maximum Gasteiger partial charge on any atom is 0.107 e. The van der Waals surface area contributed by atoms with Gasteiger partial charge in [0.2, 0.25) is 0 Å². The number of hydrogen-bond donors (Lipinski definition) is 0. The van der Waals surface area contributed by atoms with Gasteiger partial charge in [0.1, 0.15) is 5.76 Å². The van der Waals surface area contributed by atoms with E-state index in [1.165, 1.54) is 5.56 Å². The minimum absolute atomic E-state index is 0.498. The lowest BCUT2D eigenvalue weighted by Crippen LogP contribution is -1.95. The van der Waals surface area contributed by atoms with Gasteiger partial charge >= 0.3 is 0 Å². The van der Waals surface area contributed by atoms with Gasteiger partial charge in [-0.1, -0.05) is 22.9 Å². The first-order valence-electron chi connectivity index (χ1n) is 3.37. The number of alkyl halides is 1. The van der Waals surface area contributed by atoms with Crippen LogP contribution in [0.5, 0.6) is 0 Å². The van der Waals surface area contributed by atoms with Crippen molar-refractivity contribution < 1.29 is 4.42 Å². The maximum atomic E-state index is 5.25. The van der Waals surface area contributed by atoms with Gasteiger partial charge in [0.15, 0.2) is 0 Å². The lowest BCUT2D eigenvalue weighted by molar-refractivity contribution is 0.506. The predicted octanol–water partition coefficient (Wildman–Crippen LogP) is 2.91. The van der Waals surface area contributed by atoms with Gasteiger partial charge < -0.3 is 4.42 Å². The summed E-state index contributed by atoms with van der Waals surface area (Å²) in [6.07, 6.45) is 2.71. The molecule has 0 fully saturated rings. The van der Waals surface area contributed by atoms with E-state index in [2.05, 4.69) is 29.8 Å². The Morgan fingerprint density at radius 2 is 2.40 bits per heavy atom. The summed E-state index contributed by atoms with van der Waals surface area (Å²) in [7, 11) is 0. The standard InChI is InChI=1S/C8H11BrO/c1-6-3-4-10-8(6)5-7(2)9/h3-4,7H,5H2,1-2H3. The van der Waals surface area contributed by atoms with Crippen molar-refractivity contribution in [3.8, 4) is 0 Å². The quantitative estimate of drug-likeness (QED) is 0.673. The molecule has 0 aliphatic heterocycles. The number of rotatable bonds is 2. The third-order valence-electron chi connectivity index (χ3n) is 1.43. The fourth-order valence-corrected chi connectivity index (χ4v) is 1.16. The third kappa shape index (κ3) is 1.87. The van der Waals surface area contributed by atoms with Gasteiger partial charge in [-0.05, 0) is 18.6 Å². The van der Waals surface area contributed by atoms with Crippen molar-refractivity contribution in [2.75, 3.05) is 0 Å². The number of halogens is 1. The monoisotopic (exact) mass is 202 g/mol. The van der Waals surface area contributed by atoms with Crippen LogP contribution in [0.3, 0.4) is 0 Å².